The molecule has 2 unspecified atom stereocenters. The standard InChI is InChI=1S/C17H27N3O2S2.HI/c1-18-17(20-14-9-10-15(13-14)23-2)19-11-6-12-24(21,22)16-7-4-3-5-8-16;/h3-5,7-8,14-15H,6,9-13H2,1-2H3,(H2,18,19,20);1H. The second-order valence-electron chi connectivity index (χ2n) is 6.00. The number of aliphatic imine (C=N–C) groups is 1. The molecule has 0 bridgehead atoms. The zero-order chi connectivity index (χ0) is 17.4. The Bertz CT molecular complexity index is 639. The molecule has 1 fully saturated rings. The number of sulfone groups is 1. The Morgan fingerprint density at radius 1 is 1.28 bits per heavy atom. The number of thioether (sulfide) groups is 1. The van der Waals surface area contributed by atoms with Crippen LogP contribution in [-0.2, 0) is 9.84 Å². The smallest absolute Gasteiger partial charge is 0.191 e. The molecular weight excluding hydrogens is 469 g/mol. The van der Waals surface area contributed by atoms with E-state index in [1.165, 1.54) is 6.42 Å². The third-order valence-corrected chi connectivity index (χ3v) is 7.18. The molecule has 8 heteroatoms. The molecule has 2 atom stereocenters. The van der Waals surface area contributed by atoms with Crippen molar-refractivity contribution in [1.29, 1.82) is 0 Å². The van der Waals surface area contributed by atoms with Gasteiger partial charge in [-0.15, -0.1) is 24.0 Å². The molecule has 2 N–H and O–H groups in total. The van der Waals surface area contributed by atoms with Crippen LogP contribution in [0.25, 0.3) is 0 Å². The van der Waals surface area contributed by atoms with Gasteiger partial charge in [0.25, 0.3) is 0 Å². The van der Waals surface area contributed by atoms with E-state index in [9.17, 15) is 8.42 Å². The molecule has 0 amide bonds. The minimum Gasteiger partial charge on any atom is -0.356 e. The van der Waals surface area contributed by atoms with Crippen molar-refractivity contribution in [2.45, 2.75) is 41.9 Å². The summed E-state index contributed by atoms with van der Waals surface area (Å²) in [6, 6.07) is 9.07. The average Bonchev–Trinajstić information content (AvgIpc) is 3.06. The Morgan fingerprint density at radius 2 is 2.00 bits per heavy atom. The third kappa shape index (κ3) is 7.34. The number of hydrogen-bond donors (Lipinski definition) is 2. The van der Waals surface area contributed by atoms with Crippen molar-refractivity contribution in [2.75, 3.05) is 25.6 Å². The highest BCUT2D eigenvalue weighted by molar-refractivity contribution is 14.0. The van der Waals surface area contributed by atoms with Crippen molar-refractivity contribution in [3.63, 3.8) is 0 Å². The maximum atomic E-state index is 12.2. The van der Waals surface area contributed by atoms with Crippen LogP contribution in [0.2, 0.25) is 0 Å². The summed E-state index contributed by atoms with van der Waals surface area (Å²) in [5.41, 5.74) is 0. The van der Waals surface area contributed by atoms with E-state index in [1.807, 2.05) is 17.8 Å². The number of benzene rings is 1. The lowest BCUT2D eigenvalue weighted by atomic mass is 10.2. The van der Waals surface area contributed by atoms with Crippen LogP contribution in [0.1, 0.15) is 25.7 Å². The van der Waals surface area contributed by atoms with Gasteiger partial charge >= 0.3 is 0 Å². The molecule has 0 aromatic heterocycles. The van der Waals surface area contributed by atoms with E-state index in [0.717, 1.165) is 24.1 Å². The number of hydrogen-bond acceptors (Lipinski definition) is 4. The zero-order valence-corrected chi connectivity index (χ0v) is 18.7. The predicted octanol–water partition coefficient (Wildman–Crippen LogP) is 2.92. The van der Waals surface area contributed by atoms with Gasteiger partial charge in [0, 0.05) is 24.9 Å². The van der Waals surface area contributed by atoms with E-state index in [-0.39, 0.29) is 29.7 Å². The molecule has 142 valence electrons. The second kappa shape index (κ2) is 11.3. The minimum absolute atomic E-state index is 0. The van der Waals surface area contributed by atoms with Crippen LogP contribution >= 0.6 is 35.7 Å². The molecule has 25 heavy (non-hydrogen) atoms. The van der Waals surface area contributed by atoms with Crippen molar-refractivity contribution in [3.05, 3.63) is 30.3 Å². The Labute approximate surface area is 172 Å². The van der Waals surface area contributed by atoms with Crippen LogP contribution in [0.15, 0.2) is 40.2 Å². The van der Waals surface area contributed by atoms with Gasteiger partial charge < -0.3 is 10.6 Å². The lowest BCUT2D eigenvalue weighted by Gasteiger charge is -2.17. The minimum atomic E-state index is -3.20. The van der Waals surface area contributed by atoms with E-state index >= 15 is 0 Å². The van der Waals surface area contributed by atoms with Crippen molar-refractivity contribution >= 4 is 51.5 Å². The van der Waals surface area contributed by atoms with Crippen LogP contribution < -0.4 is 10.6 Å². The molecule has 0 spiro atoms. The molecule has 0 heterocycles. The summed E-state index contributed by atoms with van der Waals surface area (Å²) in [7, 11) is -1.45. The van der Waals surface area contributed by atoms with E-state index in [0.29, 0.717) is 23.9 Å². The van der Waals surface area contributed by atoms with E-state index in [1.54, 1.807) is 31.3 Å². The topological polar surface area (TPSA) is 70.6 Å². The summed E-state index contributed by atoms with van der Waals surface area (Å²) in [6.45, 7) is 0.588. The van der Waals surface area contributed by atoms with Crippen LogP contribution in [0.3, 0.4) is 0 Å². The summed E-state index contributed by atoms with van der Waals surface area (Å²) < 4.78 is 24.4. The lowest BCUT2D eigenvalue weighted by Crippen LogP contribution is -2.43. The number of halogens is 1. The van der Waals surface area contributed by atoms with Gasteiger partial charge in [-0.3, -0.25) is 4.99 Å². The second-order valence-corrected chi connectivity index (χ2v) is 9.24. The molecule has 1 saturated carbocycles. The van der Waals surface area contributed by atoms with E-state index in [4.69, 9.17) is 0 Å². The molecule has 1 aliphatic carbocycles. The molecule has 2 rings (SSSR count). The van der Waals surface area contributed by atoms with Gasteiger partial charge in [-0.25, -0.2) is 8.42 Å². The van der Waals surface area contributed by atoms with Gasteiger partial charge in [-0.1, -0.05) is 18.2 Å². The van der Waals surface area contributed by atoms with Crippen molar-refractivity contribution in [3.8, 4) is 0 Å². The maximum absolute atomic E-state index is 12.2. The zero-order valence-electron chi connectivity index (χ0n) is 14.8. The molecule has 1 aromatic carbocycles. The summed E-state index contributed by atoms with van der Waals surface area (Å²) in [5.74, 6) is 0.901. The van der Waals surface area contributed by atoms with Crippen LogP contribution in [0.4, 0.5) is 0 Å². The van der Waals surface area contributed by atoms with E-state index in [2.05, 4.69) is 21.9 Å². The maximum Gasteiger partial charge on any atom is 0.191 e. The monoisotopic (exact) mass is 497 g/mol. The van der Waals surface area contributed by atoms with Crippen molar-refractivity contribution in [2.24, 2.45) is 4.99 Å². The van der Waals surface area contributed by atoms with Crippen LogP contribution in [0.5, 0.6) is 0 Å². The quantitative estimate of drug-likeness (QED) is 0.263. The number of nitrogens with zero attached hydrogens (tertiary/aromatic N) is 1. The fourth-order valence-electron chi connectivity index (χ4n) is 2.89. The first-order chi connectivity index (χ1) is 11.5. The largest absolute Gasteiger partial charge is 0.356 e. The fraction of sp³-hybridized carbons (Fsp3) is 0.588. The molecule has 1 aliphatic rings. The Balaban J connectivity index is 0.00000312. The highest BCUT2D eigenvalue weighted by Gasteiger charge is 2.24. The first-order valence-corrected chi connectivity index (χ1v) is 11.3. The average molecular weight is 497 g/mol. The van der Waals surface area contributed by atoms with Crippen molar-refractivity contribution in [1.82, 2.24) is 10.6 Å². The molecule has 1 aromatic rings. The predicted molar refractivity (Wildman–Crippen MR) is 118 cm³/mol. The molecule has 0 radical (unpaired) electrons. The third-order valence-electron chi connectivity index (χ3n) is 4.27. The first-order valence-electron chi connectivity index (χ1n) is 8.33. The normalized spacial score (nSPS) is 20.8. The van der Waals surface area contributed by atoms with Gasteiger partial charge in [0.05, 0.1) is 10.6 Å². The highest BCUT2D eigenvalue weighted by atomic mass is 127. The number of guanidine groups is 1. The molecule has 0 aliphatic heterocycles. The number of rotatable bonds is 7. The first kappa shape index (κ1) is 22.6. The van der Waals surface area contributed by atoms with Gasteiger partial charge in [0.2, 0.25) is 0 Å². The lowest BCUT2D eigenvalue weighted by molar-refractivity contribution is 0.590. The summed E-state index contributed by atoms with van der Waals surface area (Å²) in [4.78, 5) is 4.62. The van der Waals surface area contributed by atoms with Gasteiger partial charge in [-0.05, 0) is 44.1 Å². The molecule has 0 saturated heterocycles. The van der Waals surface area contributed by atoms with Gasteiger partial charge in [0.15, 0.2) is 15.8 Å². The van der Waals surface area contributed by atoms with Crippen LogP contribution in [-0.4, -0.2) is 51.3 Å². The Kier molecular flexibility index (Phi) is 10.2. The summed E-state index contributed by atoms with van der Waals surface area (Å²) >= 11 is 1.93. The number of nitrogens with one attached hydrogen (secondary N) is 2. The van der Waals surface area contributed by atoms with E-state index < -0.39 is 9.84 Å². The highest BCUT2D eigenvalue weighted by Crippen LogP contribution is 2.27. The van der Waals surface area contributed by atoms with Crippen molar-refractivity contribution < 1.29 is 8.42 Å². The Morgan fingerprint density at radius 3 is 2.60 bits per heavy atom. The Hall–Kier alpha value is -0.480. The summed E-state index contributed by atoms with van der Waals surface area (Å²) in [5, 5.41) is 7.39. The molecular formula is C17H28IN3O2S2. The van der Waals surface area contributed by atoms with Crippen LogP contribution in [0, 0.1) is 0 Å². The van der Waals surface area contributed by atoms with Gasteiger partial charge in [0.1, 0.15) is 0 Å². The fourth-order valence-corrected chi connectivity index (χ4v) is 5.02. The summed E-state index contributed by atoms with van der Waals surface area (Å²) in [6.07, 6.45) is 6.27. The SMILES string of the molecule is CN=C(NCCCS(=O)(=O)c1ccccc1)NC1CCC(SC)C1.I. The molecule has 5 nitrogen and oxygen atoms in total. The van der Waals surface area contributed by atoms with Gasteiger partial charge in [-0.2, -0.15) is 11.8 Å².